The molecule has 1 aliphatic carbocycles. The van der Waals surface area contributed by atoms with E-state index >= 15 is 0 Å². The molecule has 3 rings (SSSR count). The highest BCUT2D eigenvalue weighted by Crippen LogP contribution is 2.25. The Labute approximate surface area is 186 Å². The maximum atomic E-state index is 12.9. The Balaban J connectivity index is 1.71. The van der Waals surface area contributed by atoms with Crippen LogP contribution in [0.2, 0.25) is 0 Å². The summed E-state index contributed by atoms with van der Waals surface area (Å²) < 4.78 is 8.15. The van der Waals surface area contributed by atoms with Gasteiger partial charge in [-0.25, -0.2) is 0 Å². The van der Waals surface area contributed by atoms with Crippen LogP contribution >= 0.6 is 0 Å². The first kappa shape index (κ1) is 24.1. The van der Waals surface area contributed by atoms with Crippen molar-refractivity contribution >= 4 is 5.91 Å². The van der Waals surface area contributed by atoms with E-state index in [1.165, 1.54) is 32.1 Å². The maximum absolute atomic E-state index is 12.9. The number of rotatable bonds is 6. The van der Waals surface area contributed by atoms with Gasteiger partial charge in [0.15, 0.2) is 0 Å². The van der Waals surface area contributed by atoms with Gasteiger partial charge in [0, 0.05) is 38.5 Å². The Morgan fingerprint density at radius 2 is 2.03 bits per heavy atom. The summed E-state index contributed by atoms with van der Waals surface area (Å²) in [6.45, 7) is 7.63. The fraction of sp³-hybridized carbons (Fsp3) is 0.870. The predicted molar refractivity (Wildman–Crippen MR) is 119 cm³/mol. The van der Waals surface area contributed by atoms with Crippen LogP contribution in [0.3, 0.4) is 0 Å². The Morgan fingerprint density at radius 1 is 1.26 bits per heavy atom. The van der Waals surface area contributed by atoms with Crippen LogP contribution in [0.15, 0.2) is 6.20 Å². The first-order chi connectivity index (χ1) is 15.0. The number of aromatic nitrogens is 3. The number of aliphatic hydroxyl groups excluding tert-OH is 1. The molecule has 1 fully saturated rings. The molecule has 1 aliphatic heterocycles. The van der Waals surface area contributed by atoms with Gasteiger partial charge in [0.2, 0.25) is 5.91 Å². The van der Waals surface area contributed by atoms with Crippen LogP contribution in [0.1, 0.15) is 64.5 Å². The molecule has 0 aromatic carbocycles. The van der Waals surface area contributed by atoms with Crippen molar-refractivity contribution in [3.63, 3.8) is 0 Å². The van der Waals surface area contributed by atoms with E-state index in [9.17, 15) is 9.90 Å². The van der Waals surface area contributed by atoms with Crippen LogP contribution in [-0.2, 0) is 22.7 Å². The number of hydrogen-bond donors (Lipinski definition) is 1. The number of hydrogen-bond acceptors (Lipinski definition) is 6. The minimum absolute atomic E-state index is 0.0271. The molecular formula is C23H41N5O3. The van der Waals surface area contributed by atoms with E-state index in [2.05, 4.69) is 29.2 Å². The zero-order valence-electron chi connectivity index (χ0n) is 19.6. The third-order valence-corrected chi connectivity index (χ3v) is 6.83. The topological polar surface area (TPSA) is 83.7 Å². The average molecular weight is 436 g/mol. The van der Waals surface area contributed by atoms with Crippen molar-refractivity contribution in [2.24, 2.45) is 11.8 Å². The number of carbonyl (C=O) groups is 1. The molecule has 0 unspecified atom stereocenters. The van der Waals surface area contributed by atoms with Crippen molar-refractivity contribution in [2.75, 3.05) is 33.3 Å². The third kappa shape index (κ3) is 7.26. The molecule has 8 heteroatoms. The largest absolute Gasteiger partial charge is 0.394 e. The van der Waals surface area contributed by atoms with Gasteiger partial charge in [-0.1, -0.05) is 31.4 Å². The zero-order valence-corrected chi connectivity index (χ0v) is 19.6. The normalized spacial score (nSPS) is 25.7. The van der Waals surface area contributed by atoms with Crippen LogP contribution in [0.5, 0.6) is 0 Å². The molecule has 0 radical (unpaired) electrons. The lowest BCUT2D eigenvalue weighted by Gasteiger charge is -2.36. The lowest BCUT2D eigenvalue weighted by atomic mass is 9.89. The van der Waals surface area contributed by atoms with Crippen LogP contribution in [0, 0.1) is 11.8 Å². The molecule has 1 aromatic rings. The second-order valence-electron chi connectivity index (χ2n) is 9.71. The molecular weight excluding hydrogens is 394 g/mol. The summed E-state index contributed by atoms with van der Waals surface area (Å²) in [6.07, 6.45) is 9.76. The quantitative estimate of drug-likeness (QED) is 0.738. The van der Waals surface area contributed by atoms with E-state index in [0.717, 1.165) is 24.7 Å². The molecule has 2 bridgehead atoms. The van der Waals surface area contributed by atoms with Gasteiger partial charge in [-0.3, -0.25) is 9.48 Å². The number of fused-ring (bicyclic) bond motifs is 2. The molecule has 8 nitrogen and oxygen atoms in total. The van der Waals surface area contributed by atoms with Crippen LogP contribution < -0.4 is 0 Å². The van der Waals surface area contributed by atoms with Gasteiger partial charge in [0.1, 0.15) is 5.69 Å². The number of amides is 1. The fourth-order valence-corrected chi connectivity index (χ4v) is 4.89. The highest BCUT2D eigenvalue weighted by atomic mass is 16.5. The van der Waals surface area contributed by atoms with E-state index < -0.39 is 0 Å². The number of aliphatic hydroxyl groups is 1. The standard InChI is InChI=1S/C23H41N5O3/c1-18-12-28(19(2)16-29)23(30)10-7-11-27-14-21(24-25-27)17-31-22(18)15-26(3)13-20-8-5-4-6-9-20/h14,18-20,22,29H,4-13,15-17H2,1-3H3/t18-,19+,22-/m1/s1. The second-order valence-corrected chi connectivity index (χ2v) is 9.71. The SMILES string of the molecule is C[C@@H]1CN([C@@H](C)CO)C(=O)CCCn2cc(nn2)CO[C@@H]1CN(C)CC1CCCCC1. The number of likely N-dealkylation sites (N-methyl/N-ethyl adjacent to an activating group) is 1. The van der Waals surface area contributed by atoms with E-state index in [0.29, 0.717) is 32.5 Å². The third-order valence-electron chi connectivity index (χ3n) is 6.83. The highest BCUT2D eigenvalue weighted by Gasteiger charge is 2.28. The Morgan fingerprint density at radius 3 is 2.77 bits per heavy atom. The molecule has 1 amide bonds. The van der Waals surface area contributed by atoms with Crippen molar-refractivity contribution < 1.29 is 14.6 Å². The molecule has 3 atom stereocenters. The first-order valence-electron chi connectivity index (χ1n) is 12.1. The number of nitrogens with zero attached hydrogens (tertiary/aromatic N) is 5. The van der Waals surface area contributed by atoms with Gasteiger partial charge in [0.25, 0.3) is 0 Å². The minimum Gasteiger partial charge on any atom is -0.394 e. The van der Waals surface area contributed by atoms with Gasteiger partial charge >= 0.3 is 0 Å². The number of ether oxygens (including phenoxy) is 1. The van der Waals surface area contributed by atoms with Gasteiger partial charge in [-0.15, -0.1) is 5.10 Å². The van der Waals surface area contributed by atoms with E-state index in [-0.39, 0.29) is 30.6 Å². The monoisotopic (exact) mass is 435 g/mol. The van der Waals surface area contributed by atoms with Crippen LogP contribution in [-0.4, -0.2) is 81.2 Å². The summed E-state index contributed by atoms with van der Waals surface area (Å²) in [6, 6.07) is -0.196. The van der Waals surface area contributed by atoms with Crippen molar-refractivity contribution in [2.45, 2.75) is 84.1 Å². The summed E-state index contributed by atoms with van der Waals surface area (Å²) in [5.41, 5.74) is 0.832. The average Bonchev–Trinajstić information content (AvgIpc) is 3.22. The molecule has 0 spiro atoms. The van der Waals surface area contributed by atoms with Crippen molar-refractivity contribution in [3.05, 3.63) is 11.9 Å². The molecule has 2 aliphatic rings. The Bertz CT molecular complexity index is 676. The fourth-order valence-electron chi connectivity index (χ4n) is 4.89. The predicted octanol–water partition coefficient (Wildman–Crippen LogP) is 2.31. The van der Waals surface area contributed by atoms with E-state index in [4.69, 9.17) is 4.74 Å². The maximum Gasteiger partial charge on any atom is 0.222 e. The van der Waals surface area contributed by atoms with Gasteiger partial charge < -0.3 is 19.6 Å². The van der Waals surface area contributed by atoms with Crippen molar-refractivity contribution in [3.8, 4) is 0 Å². The lowest BCUT2D eigenvalue weighted by molar-refractivity contribution is -0.136. The summed E-state index contributed by atoms with van der Waals surface area (Å²) in [5, 5.41) is 18.1. The summed E-state index contributed by atoms with van der Waals surface area (Å²) in [7, 11) is 2.18. The summed E-state index contributed by atoms with van der Waals surface area (Å²) >= 11 is 0. The molecule has 0 saturated heterocycles. The highest BCUT2D eigenvalue weighted by molar-refractivity contribution is 5.76. The molecule has 176 valence electrons. The minimum atomic E-state index is -0.196. The number of aryl methyl sites for hydroxylation is 1. The van der Waals surface area contributed by atoms with E-state index in [1.54, 1.807) is 4.68 Å². The van der Waals surface area contributed by atoms with E-state index in [1.807, 2.05) is 18.0 Å². The first-order valence-corrected chi connectivity index (χ1v) is 12.1. The summed E-state index contributed by atoms with van der Waals surface area (Å²) in [5.74, 6) is 1.00. The second kappa shape index (κ2) is 11.9. The number of carbonyl (C=O) groups excluding carboxylic acids is 1. The van der Waals surface area contributed by atoms with Crippen LogP contribution in [0.4, 0.5) is 0 Å². The van der Waals surface area contributed by atoms with Crippen molar-refractivity contribution in [1.29, 1.82) is 0 Å². The lowest BCUT2D eigenvalue weighted by Crippen LogP contribution is -2.47. The van der Waals surface area contributed by atoms with Gasteiger partial charge in [-0.05, 0) is 39.2 Å². The van der Waals surface area contributed by atoms with Crippen LogP contribution in [0.25, 0.3) is 0 Å². The molecule has 1 saturated carbocycles. The molecule has 1 aromatic heterocycles. The Kier molecular flexibility index (Phi) is 9.29. The summed E-state index contributed by atoms with van der Waals surface area (Å²) in [4.78, 5) is 17.2. The molecule has 31 heavy (non-hydrogen) atoms. The van der Waals surface area contributed by atoms with Crippen molar-refractivity contribution in [1.82, 2.24) is 24.8 Å². The smallest absolute Gasteiger partial charge is 0.222 e. The molecule has 1 N–H and O–H groups in total. The van der Waals surface area contributed by atoms with Gasteiger partial charge in [-0.2, -0.15) is 0 Å². The Hall–Kier alpha value is -1.51. The van der Waals surface area contributed by atoms with Gasteiger partial charge in [0.05, 0.1) is 31.6 Å². The zero-order chi connectivity index (χ0) is 22.2. The molecule has 2 heterocycles.